The standard InChI is InChI=1S/C23H17F4N3O4/c1-13-6-15(3-5-20(13)34-21(26)27)23(11-32-22(29-23)30-33-12-31)16-2-4-19(25)18(8-16)14-7-17(24)10-28-9-14/h2-10,12,21H,11H2,1H3,(H,29,30). The summed E-state index contributed by atoms with van der Waals surface area (Å²) in [6.07, 6.45) is 2.32. The summed E-state index contributed by atoms with van der Waals surface area (Å²) in [5, 5.41) is 0. The van der Waals surface area contributed by atoms with Gasteiger partial charge in [-0.1, -0.05) is 12.1 Å². The van der Waals surface area contributed by atoms with Crippen molar-refractivity contribution in [1.82, 2.24) is 10.5 Å². The van der Waals surface area contributed by atoms with E-state index in [9.17, 15) is 22.4 Å². The normalized spacial score (nSPS) is 17.2. The summed E-state index contributed by atoms with van der Waals surface area (Å²) in [5.74, 6) is -1.28. The van der Waals surface area contributed by atoms with Crippen LogP contribution in [0.3, 0.4) is 0 Å². The number of aromatic nitrogens is 1. The van der Waals surface area contributed by atoms with Gasteiger partial charge in [0.1, 0.15) is 24.0 Å². The summed E-state index contributed by atoms with van der Waals surface area (Å²) in [6, 6.07) is 9.62. The van der Waals surface area contributed by atoms with Gasteiger partial charge >= 0.3 is 19.1 Å². The highest BCUT2D eigenvalue weighted by atomic mass is 19.3. The van der Waals surface area contributed by atoms with Crippen LogP contribution in [0.15, 0.2) is 59.9 Å². The van der Waals surface area contributed by atoms with Gasteiger partial charge in [0.2, 0.25) is 0 Å². The molecule has 0 radical (unpaired) electrons. The van der Waals surface area contributed by atoms with Crippen molar-refractivity contribution in [3.05, 3.63) is 83.2 Å². The summed E-state index contributed by atoms with van der Waals surface area (Å²) in [7, 11) is 0. The van der Waals surface area contributed by atoms with Crippen molar-refractivity contribution in [2.75, 3.05) is 6.61 Å². The lowest BCUT2D eigenvalue weighted by Crippen LogP contribution is -2.27. The maximum atomic E-state index is 14.7. The number of alkyl halides is 2. The largest absolute Gasteiger partial charge is 0.460 e. The van der Waals surface area contributed by atoms with Crippen molar-refractivity contribution in [3.8, 4) is 16.9 Å². The molecule has 4 rings (SSSR count). The number of hydrogen-bond acceptors (Lipinski definition) is 7. The van der Waals surface area contributed by atoms with Crippen molar-refractivity contribution in [2.45, 2.75) is 19.1 Å². The number of amidine groups is 1. The highest BCUT2D eigenvalue weighted by molar-refractivity contribution is 5.77. The molecule has 176 valence electrons. The van der Waals surface area contributed by atoms with Gasteiger partial charge in [-0.25, -0.2) is 13.8 Å². The molecule has 0 spiro atoms. The number of pyridine rings is 1. The predicted molar refractivity (Wildman–Crippen MR) is 112 cm³/mol. The lowest BCUT2D eigenvalue weighted by Gasteiger charge is -2.26. The van der Waals surface area contributed by atoms with Crippen LogP contribution < -0.4 is 10.2 Å². The fraction of sp³-hybridized carbons (Fsp3) is 0.174. The highest BCUT2D eigenvalue weighted by Crippen LogP contribution is 2.41. The Morgan fingerprint density at radius 2 is 1.88 bits per heavy atom. The van der Waals surface area contributed by atoms with E-state index in [-0.39, 0.29) is 36.0 Å². The summed E-state index contributed by atoms with van der Waals surface area (Å²) >= 11 is 0. The number of benzene rings is 2. The molecule has 0 fully saturated rings. The van der Waals surface area contributed by atoms with E-state index < -0.39 is 23.8 Å². The van der Waals surface area contributed by atoms with Gasteiger partial charge in [0.15, 0.2) is 5.54 Å². The average Bonchev–Trinajstić information content (AvgIpc) is 3.24. The molecular weight excluding hydrogens is 458 g/mol. The topological polar surface area (TPSA) is 82.0 Å². The van der Waals surface area contributed by atoms with E-state index in [0.717, 1.165) is 12.3 Å². The molecule has 1 aliphatic heterocycles. The van der Waals surface area contributed by atoms with E-state index in [1.807, 2.05) is 0 Å². The first-order valence-corrected chi connectivity index (χ1v) is 9.87. The molecule has 3 aromatic rings. The number of aliphatic imine (C=N–C) groups is 1. The second-order valence-electron chi connectivity index (χ2n) is 7.33. The van der Waals surface area contributed by atoms with Crippen molar-refractivity contribution in [1.29, 1.82) is 0 Å². The second kappa shape index (κ2) is 9.38. The Balaban J connectivity index is 1.85. The molecule has 0 saturated carbocycles. The molecular formula is C23H17F4N3O4. The Morgan fingerprint density at radius 3 is 2.59 bits per heavy atom. The molecule has 34 heavy (non-hydrogen) atoms. The minimum atomic E-state index is -3.00. The van der Waals surface area contributed by atoms with Gasteiger partial charge in [-0.3, -0.25) is 9.78 Å². The van der Waals surface area contributed by atoms with E-state index >= 15 is 0 Å². The number of ether oxygens (including phenoxy) is 2. The summed E-state index contributed by atoms with van der Waals surface area (Å²) in [5.41, 5.74) is 2.58. The van der Waals surface area contributed by atoms with Gasteiger partial charge in [-0.05, 0) is 53.9 Å². The number of halogens is 4. The lowest BCUT2D eigenvalue weighted by atomic mass is 9.82. The zero-order chi connectivity index (χ0) is 24.3. The van der Waals surface area contributed by atoms with Gasteiger partial charge in [0.05, 0.1) is 6.20 Å². The van der Waals surface area contributed by atoms with Crippen LogP contribution >= 0.6 is 0 Å². The maximum Gasteiger partial charge on any atom is 0.387 e. The molecule has 7 nitrogen and oxygen atoms in total. The van der Waals surface area contributed by atoms with E-state index in [1.54, 1.807) is 13.0 Å². The number of aryl methyl sites for hydroxylation is 1. The number of carbonyl (C=O) groups excluding carboxylic acids is 1. The molecule has 0 amide bonds. The molecule has 11 heteroatoms. The van der Waals surface area contributed by atoms with Crippen molar-refractivity contribution in [3.63, 3.8) is 0 Å². The van der Waals surface area contributed by atoms with Crippen LogP contribution in [-0.4, -0.2) is 30.7 Å². The first-order valence-electron chi connectivity index (χ1n) is 9.87. The summed E-state index contributed by atoms with van der Waals surface area (Å²) in [4.78, 5) is 23.3. The third-order valence-electron chi connectivity index (χ3n) is 5.23. The van der Waals surface area contributed by atoms with Gasteiger partial charge in [0, 0.05) is 17.3 Å². The molecule has 2 heterocycles. The predicted octanol–water partition coefficient (Wildman–Crippen LogP) is 4.24. The highest BCUT2D eigenvalue weighted by Gasteiger charge is 2.41. The smallest absolute Gasteiger partial charge is 0.387 e. The third kappa shape index (κ3) is 4.49. The van der Waals surface area contributed by atoms with Crippen LogP contribution in [0.2, 0.25) is 0 Å². The number of hydroxylamine groups is 1. The Labute approximate surface area is 191 Å². The van der Waals surface area contributed by atoms with Crippen LogP contribution in [-0.2, 0) is 19.9 Å². The average molecular weight is 475 g/mol. The zero-order valence-electron chi connectivity index (χ0n) is 17.6. The molecule has 0 saturated heterocycles. The van der Waals surface area contributed by atoms with Crippen LogP contribution in [0.25, 0.3) is 11.1 Å². The number of carbonyl (C=O) groups is 1. The zero-order valence-corrected chi connectivity index (χ0v) is 17.6. The summed E-state index contributed by atoms with van der Waals surface area (Å²) < 4.78 is 63.9. The molecule has 0 bridgehead atoms. The van der Waals surface area contributed by atoms with Crippen molar-refractivity contribution < 1.29 is 36.7 Å². The van der Waals surface area contributed by atoms with E-state index in [4.69, 9.17) is 4.74 Å². The van der Waals surface area contributed by atoms with Crippen LogP contribution in [0.5, 0.6) is 5.75 Å². The summed E-state index contributed by atoms with van der Waals surface area (Å²) in [6.45, 7) is -1.38. The van der Waals surface area contributed by atoms with Gasteiger partial charge < -0.3 is 14.3 Å². The number of hydrogen-bond donors (Lipinski definition) is 1. The first-order chi connectivity index (χ1) is 16.3. The maximum absolute atomic E-state index is 14.7. The molecule has 1 unspecified atom stereocenters. The van der Waals surface area contributed by atoms with E-state index in [0.29, 0.717) is 16.7 Å². The molecule has 1 N–H and O–H groups in total. The SMILES string of the molecule is Cc1cc(C2(c3ccc(F)c(-c4cncc(F)c4)c3)COC(NOC=O)=N2)ccc1OC(F)F. The van der Waals surface area contributed by atoms with Gasteiger partial charge in [-0.2, -0.15) is 14.3 Å². The molecule has 0 aliphatic carbocycles. The van der Waals surface area contributed by atoms with Crippen LogP contribution in [0.1, 0.15) is 16.7 Å². The van der Waals surface area contributed by atoms with Crippen molar-refractivity contribution in [2.24, 2.45) is 4.99 Å². The molecule has 1 atom stereocenters. The Hall–Kier alpha value is -4.15. The van der Waals surface area contributed by atoms with Crippen LogP contribution in [0, 0.1) is 18.6 Å². The van der Waals surface area contributed by atoms with E-state index in [2.05, 4.69) is 25.0 Å². The molecule has 2 aromatic carbocycles. The van der Waals surface area contributed by atoms with E-state index in [1.165, 1.54) is 36.5 Å². The Morgan fingerprint density at radius 1 is 1.12 bits per heavy atom. The quantitative estimate of drug-likeness (QED) is 0.313. The Bertz CT molecular complexity index is 1250. The first kappa shape index (κ1) is 23.0. The molecule has 1 aliphatic rings. The third-order valence-corrected chi connectivity index (χ3v) is 5.23. The lowest BCUT2D eigenvalue weighted by molar-refractivity contribution is -0.132. The second-order valence-corrected chi connectivity index (χ2v) is 7.33. The number of rotatable bonds is 7. The Kier molecular flexibility index (Phi) is 6.35. The fourth-order valence-electron chi connectivity index (χ4n) is 3.70. The van der Waals surface area contributed by atoms with Gasteiger partial charge in [0.25, 0.3) is 0 Å². The van der Waals surface area contributed by atoms with Gasteiger partial charge in [-0.15, -0.1) is 0 Å². The minimum Gasteiger partial charge on any atom is -0.460 e. The fourth-order valence-corrected chi connectivity index (χ4v) is 3.70. The number of nitrogens with one attached hydrogen (secondary N) is 1. The van der Waals surface area contributed by atoms with Crippen molar-refractivity contribution >= 4 is 12.5 Å². The molecule has 1 aromatic heterocycles. The minimum absolute atomic E-state index is 0.0231. The van der Waals surface area contributed by atoms with Crippen LogP contribution in [0.4, 0.5) is 17.6 Å². The number of nitrogens with zero attached hydrogens (tertiary/aromatic N) is 2. The monoisotopic (exact) mass is 475 g/mol.